The van der Waals surface area contributed by atoms with E-state index in [2.05, 4.69) is 4.99 Å². The fraction of sp³-hybridized carbons (Fsp3) is 0.250. The summed E-state index contributed by atoms with van der Waals surface area (Å²) >= 11 is 0. The minimum absolute atomic E-state index is 0.277. The Hall–Kier alpha value is -2.93. The van der Waals surface area contributed by atoms with E-state index in [1.807, 2.05) is 66.7 Å². The van der Waals surface area contributed by atoms with E-state index in [0.717, 1.165) is 16.8 Å². The molecule has 1 atom stereocenters. The second-order valence-electron chi connectivity index (χ2n) is 5.18. The minimum atomic E-state index is -0.776. The molecule has 1 unspecified atom stereocenters. The number of carbonyl (C=O) groups excluding carboxylic acids is 1. The second kappa shape index (κ2) is 9.26. The van der Waals surface area contributed by atoms with Gasteiger partial charge in [0.2, 0.25) is 0 Å². The first kappa shape index (κ1) is 17.4. The number of nitrogens with zero attached hydrogens (tertiary/aromatic N) is 2. The molecule has 2 rings (SSSR count). The Morgan fingerprint density at radius 1 is 1.08 bits per heavy atom. The summed E-state index contributed by atoms with van der Waals surface area (Å²) in [6, 6.07) is 21.8. The molecule has 0 fully saturated rings. The third-order valence-electron chi connectivity index (χ3n) is 3.51. The molecule has 0 N–H and O–H groups in total. The van der Waals surface area contributed by atoms with Crippen molar-refractivity contribution >= 4 is 11.7 Å². The van der Waals surface area contributed by atoms with Crippen LogP contribution < -0.4 is 0 Å². The van der Waals surface area contributed by atoms with Crippen LogP contribution in [0.25, 0.3) is 0 Å². The van der Waals surface area contributed by atoms with E-state index in [9.17, 15) is 4.79 Å². The van der Waals surface area contributed by atoms with Gasteiger partial charge in [-0.15, -0.1) is 0 Å². The van der Waals surface area contributed by atoms with Gasteiger partial charge in [0.25, 0.3) is 0 Å². The summed E-state index contributed by atoms with van der Waals surface area (Å²) < 4.78 is 4.91. The van der Waals surface area contributed by atoms with Crippen molar-refractivity contribution in [1.29, 1.82) is 5.26 Å². The summed E-state index contributed by atoms with van der Waals surface area (Å²) in [7, 11) is 0. The highest BCUT2D eigenvalue weighted by atomic mass is 16.5. The van der Waals surface area contributed by atoms with Crippen LogP contribution in [-0.2, 0) is 9.53 Å². The van der Waals surface area contributed by atoms with Crippen molar-refractivity contribution in [1.82, 2.24) is 0 Å². The van der Waals surface area contributed by atoms with Crippen molar-refractivity contribution in [2.45, 2.75) is 13.3 Å². The molecule has 4 nitrogen and oxygen atoms in total. The number of hydrogen-bond donors (Lipinski definition) is 0. The predicted octanol–water partition coefficient (Wildman–Crippen LogP) is 3.62. The third-order valence-corrected chi connectivity index (χ3v) is 3.51. The van der Waals surface area contributed by atoms with E-state index in [1.165, 1.54) is 0 Å². The second-order valence-corrected chi connectivity index (χ2v) is 5.18. The van der Waals surface area contributed by atoms with Crippen LogP contribution in [0.5, 0.6) is 0 Å². The van der Waals surface area contributed by atoms with Crippen LogP contribution in [-0.4, -0.2) is 24.8 Å². The molecule has 0 amide bonds. The Bertz CT molecular complexity index is 677. The van der Waals surface area contributed by atoms with Crippen molar-refractivity contribution in [2.75, 3.05) is 13.2 Å². The molecule has 4 heteroatoms. The van der Waals surface area contributed by atoms with Gasteiger partial charge in [0.1, 0.15) is 5.92 Å². The van der Waals surface area contributed by atoms with E-state index in [0.29, 0.717) is 13.0 Å². The van der Waals surface area contributed by atoms with Gasteiger partial charge in [-0.1, -0.05) is 60.7 Å². The zero-order valence-corrected chi connectivity index (χ0v) is 13.7. The molecule has 0 bridgehead atoms. The van der Waals surface area contributed by atoms with Crippen molar-refractivity contribution in [3.63, 3.8) is 0 Å². The maximum absolute atomic E-state index is 11.7. The Labute approximate surface area is 142 Å². The third kappa shape index (κ3) is 4.79. The highest BCUT2D eigenvalue weighted by Gasteiger charge is 2.18. The van der Waals surface area contributed by atoms with Crippen LogP contribution >= 0.6 is 0 Å². The maximum atomic E-state index is 11.7. The Balaban J connectivity index is 2.18. The summed E-state index contributed by atoms with van der Waals surface area (Å²) in [5.74, 6) is -1.25. The molecule has 0 heterocycles. The molecule has 0 spiro atoms. The molecular weight excluding hydrogens is 300 g/mol. The monoisotopic (exact) mass is 320 g/mol. The Kier molecular flexibility index (Phi) is 6.73. The van der Waals surface area contributed by atoms with E-state index in [4.69, 9.17) is 10.00 Å². The molecule has 2 aromatic rings. The molecule has 0 aliphatic heterocycles. The molecule has 0 aliphatic rings. The molecule has 2 aromatic carbocycles. The number of hydrogen-bond acceptors (Lipinski definition) is 4. The summed E-state index contributed by atoms with van der Waals surface area (Å²) in [4.78, 5) is 16.3. The molecule has 24 heavy (non-hydrogen) atoms. The Morgan fingerprint density at radius 2 is 1.62 bits per heavy atom. The SMILES string of the molecule is CCOC(=O)C(C#N)CCN=C(c1ccccc1)c1ccccc1. The van der Waals surface area contributed by atoms with Gasteiger partial charge >= 0.3 is 5.97 Å². The molecule has 0 aromatic heterocycles. The van der Waals surface area contributed by atoms with Gasteiger partial charge in [0, 0.05) is 17.7 Å². The van der Waals surface area contributed by atoms with Crippen LogP contribution in [0.3, 0.4) is 0 Å². The number of carbonyl (C=O) groups is 1. The van der Waals surface area contributed by atoms with Crippen molar-refractivity contribution < 1.29 is 9.53 Å². The average Bonchev–Trinajstić information content (AvgIpc) is 2.63. The first-order valence-corrected chi connectivity index (χ1v) is 7.97. The van der Waals surface area contributed by atoms with Crippen molar-refractivity contribution in [3.8, 4) is 6.07 Å². The molecule has 0 saturated carbocycles. The van der Waals surface area contributed by atoms with Crippen LogP contribution in [0.2, 0.25) is 0 Å². The topological polar surface area (TPSA) is 62.5 Å². The van der Waals surface area contributed by atoms with Gasteiger partial charge < -0.3 is 4.74 Å². The maximum Gasteiger partial charge on any atom is 0.323 e. The average molecular weight is 320 g/mol. The first-order valence-electron chi connectivity index (χ1n) is 7.97. The normalized spacial score (nSPS) is 11.2. The van der Waals surface area contributed by atoms with Crippen LogP contribution in [0.4, 0.5) is 0 Å². The van der Waals surface area contributed by atoms with Gasteiger partial charge in [-0.25, -0.2) is 0 Å². The first-order chi connectivity index (χ1) is 11.8. The number of aliphatic imine (C=N–C) groups is 1. The highest BCUT2D eigenvalue weighted by molar-refractivity contribution is 6.12. The summed E-state index contributed by atoms with van der Waals surface area (Å²) in [6.45, 7) is 2.39. The van der Waals surface area contributed by atoms with Crippen LogP contribution in [0, 0.1) is 17.2 Å². The standard InChI is InChI=1S/C20H20N2O2/c1-2-24-20(23)18(15-21)13-14-22-19(16-9-5-3-6-10-16)17-11-7-4-8-12-17/h3-12,18H,2,13-14H2,1H3. The molecule has 0 saturated heterocycles. The molecular formula is C20H20N2O2. The van der Waals surface area contributed by atoms with Crippen molar-refractivity contribution in [2.24, 2.45) is 10.9 Å². The smallest absolute Gasteiger partial charge is 0.323 e. The van der Waals surface area contributed by atoms with E-state index < -0.39 is 11.9 Å². The quantitative estimate of drug-likeness (QED) is 0.578. The number of ether oxygens (including phenoxy) is 1. The number of benzene rings is 2. The summed E-state index contributed by atoms with van der Waals surface area (Å²) in [5.41, 5.74) is 2.87. The van der Waals surface area contributed by atoms with Gasteiger partial charge in [-0.3, -0.25) is 9.79 Å². The van der Waals surface area contributed by atoms with Crippen molar-refractivity contribution in [3.05, 3.63) is 71.8 Å². The number of rotatable bonds is 7. The van der Waals surface area contributed by atoms with Gasteiger partial charge in [0.15, 0.2) is 0 Å². The molecule has 122 valence electrons. The summed E-state index contributed by atoms with van der Waals surface area (Å²) in [5, 5.41) is 9.12. The fourth-order valence-corrected chi connectivity index (χ4v) is 2.32. The number of esters is 1. The zero-order chi connectivity index (χ0) is 17.2. The number of nitriles is 1. The van der Waals surface area contributed by atoms with Crippen LogP contribution in [0.15, 0.2) is 65.7 Å². The van der Waals surface area contributed by atoms with Gasteiger partial charge in [-0.05, 0) is 13.3 Å². The Morgan fingerprint density at radius 3 is 2.08 bits per heavy atom. The lowest BCUT2D eigenvalue weighted by atomic mass is 10.0. The predicted molar refractivity (Wildman–Crippen MR) is 93.7 cm³/mol. The molecule has 0 aliphatic carbocycles. The lowest BCUT2D eigenvalue weighted by Crippen LogP contribution is -2.17. The fourth-order valence-electron chi connectivity index (χ4n) is 2.32. The van der Waals surface area contributed by atoms with Gasteiger partial charge in [0.05, 0.1) is 18.4 Å². The van der Waals surface area contributed by atoms with E-state index in [1.54, 1.807) is 6.92 Å². The highest BCUT2D eigenvalue weighted by Crippen LogP contribution is 2.12. The summed E-state index contributed by atoms with van der Waals surface area (Å²) in [6.07, 6.45) is 0.346. The van der Waals surface area contributed by atoms with E-state index >= 15 is 0 Å². The van der Waals surface area contributed by atoms with Crippen LogP contribution in [0.1, 0.15) is 24.5 Å². The largest absolute Gasteiger partial charge is 0.465 e. The lowest BCUT2D eigenvalue weighted by molar-refractivity contribution is -0.146. The van der Waals surface area contributed by atoms with Gasteiger partial charge in [-0.2, -0.15) is 5.26 Å². The van der Waals surface area contributed by atoms with E-state index in [-0.39, 0.29) is 6.61 Å². The zero-order valence-electron chi connectivity index (χ0n) is 13.7. The minimum Gasteiger partial charge on any atom is -0.465 e. The lowest BCUT2D eigenvalue weighted by Gasteiger charge is -2.09. The molecule has 0 radical (unpaired) electrons.